The van der Waals surface area contributed by atoms with Crippen molar-refractivity contribution in [2.75, 3.05) is 13.2 Å². The Kier molecular flexibility index (Phi) is 3.75. The molecule has 0 N–H and O–H groups in total. The minimum Gasteiger partial charge on any atom is -0.371 e. The van der Waals surface area contributed by atoms with E-state index in [1.54, 1.807) is 12.1 Å². The van der Waals surface area contributed by atoms with E-state index in [1.165, 1.54) is 12.1 Å². The lowest BCUT2D eigenvalue weighted by Gasteiger charge is -2.20. The fraction of sp³-hybridized carbons (Fsp3) is 0.455. The van der Waals surface area contributed by atoms with E-state index in [0.717, 1.165) is 4.47 Å². The maximum absolute atomic E-state index is 12.8. The van der Waals surface area contributed by atoms with Crippen LogP contribution in [0.25, 0.3) is 0 Å². The van der Waals surface area contributed by atoms with Crippen molar-refractivity contribution in [2.45, 2.75) is 18.4 Å². The van der Waals surface area contributed by atoms with Crippen LogP contribution in [0.15, 0.2) is 28.7 Å². The van der Waals surface area contributed by atoms with Gasteiger partial charge in [0.2, 0.25) is 0 Å². The highest BCUT2D eigenvalue weighted by Crippen LogP contribution is 2.36. The minimum absolute atomic E-state index is 0.0275. The van der Waals surface area contributed by atoms with Gasteiger partial charge >= 0.3 is 6.18 Å². The maximum Gasteiger partial charge on any atom is 0.418 e. The summed E-state index contributed by atoms with van der Waals surface area (Å²) in [6.45, 7) is 0.450. The molecule has 2 rings (SSSR count). The second kappa shape index (κ2) is 4.96. The van der Waals surface area contributed by atoms with Crippen LogP contribution in [0.1, 0.15) is 11.7 Å². The summed E-state index contributed by atoms with van der Waals surface area (Å²) in [5, 5.41) is 0. The van der Waals surface area contributed by atoms with Gasteiger partial charge in [0.25, 0.3) is 0 Å². The molecule has 0 spiro atoms. The molecule has 0 aromatic heterocycles. The summed E-state index contributed by atoms with van der Waals surface area (Å²) in [4.78, 5) is 0. The smallest absolute Gasteiger partial charge is 0.371 e. The monoisotopic (exact) mass is 310 g/mol. The first kappa shape index (κ1) is 12.9. The number of alkyl halides is 3. The molecule has 1 heterocycles. The summed E-state index contributed by atoms with van der Waals surface area (Å²) >= 11 is 3.18. The largest absolute Gasteiger partial charge is 0.418 e. The van der Waals surface area contributed by atoms with Crippen LogP contribution in [0.2, 0.25) is 0 Å². The number of rotatable bonds is 4. The van der Waals surface area contributed by atoms with E-state index in [0.29, 0.717) is 6.61 Å². The summed E-state index contributed by atoms with van der Waals surface area (Å²) in [7, 11) is 0. The third-order valence-corrected chi connectivity index (χ3v) is 2.85. The predicted octanol–water partition coefficient (Wildman–Crippen LogP) is 3.47. The molecule has 1 aliphatic rings. The number of halogens is 4. The molecule has 2 atom stereocenters. The summed E-state index contributed by atoms with van der Waals surface area (Å²) in [6, 6.07) is 5.92. The van der Waals surface area contributed by atoms with E-state index in [4.69, 9.17) is 9.47 Å². The molecule has 0 aliphatic carbocycles. The topological polar surface area (TPSA) is 21.8 Å². The Hall–Kier alpha value is -0.590. The second-order valence-corrected chi connectivity index (χ2v) is 4.68. The maximum atomic E-state index is 12.8. The van der Waals surface area contributed by atoms with Crippen molar-refractivity contribution in [3.05, 3.63) is 34.3 Å². The fourth-order valence-electron chi connectivity index (χ4n) is 1.39. The second-order valence-electron chi connectivity index (χ2n) is 3.76. The first-order chi connectivity index (χ1) is 7.97. The van der Waals surface area contributed by atoms with E-state index in [9.17, 15) is 13.2 Å². The van der Waals surface area contributed by atoms with E-state index < -0.39 is 12.3 Å². The van der Waals surface area contributed by atoms with Gasteiger partial charge in [0.1, 0.15) is 6.10 Å². The van der Waals surface area contributed by atoms with Gasteiger partial charge in [-0.3, -0.25) is 0 Å². The van der Waals surface area contributed by atoms with Crippen LogP contribution in [0.3, 0.4) is 0 Å². The Morgan fingerprint density at radius 3 is 2.41 bits per heavy atom. The molecule has 0 amide bonds. The molecule has 17 heavy (non-hydrogen) atoms. The van der Waals surface area contributed by atoms with Crippen molar-refractivity contribution in [3.8, 4) is 0 Å². The molecule has 0 saturated carbocycles. The zero-order valence-corrected chi connectivity index (χ0v) is 10.3. The Morgan fingerprint density at radius 1 is 1.35 bits per heavy atom. The lowest BCUT2D eigenvalue weighted by molar-refractivity contribution is -0.224. The number of epoxide rings is 1. The predicted molar refractivity (Wildman–Crippen MR) is 58.6 cm³/mol. The van der Waals surface area contributed by atoms with Gasteiger partial charge in [-0.25, -0.2) is 0 Å². The highest BCUT2D eigenvalue weighted by Gasteiger charge is 2.42. The van der Waals surface area contributed by atoms with Crippen molar-refractivity contribution in [1.29, 1.82) is 0 Å². The molecule has 0 radical (unpaired) electrons. The number of ether oxygens (including phenoxy) is 2. The number of hydrogen-bond donors (Lipinski definition) is 0. The highest BCUT2D eigenvalue weighted by atomic mass is 79.9. The molecule has 94 valence electrons. The third-order valence-electron chi connectivity index (χ3n) is 2.32. The van der Waals surface area contributed by atoms with Gasteiger partial charge in [0, 0.05) is 4.47 Å². The van der Waals surface area contributed by atoms with Crippen molar-refractivity contribution < 1.29 is 22.6 Å². The molecule has 1 aromatic carbocycles. The third kappa shape index (κ3) is 3.69. The standard InChI is InChI=1S/C11H10BrF3O2/c12-8-3-1-7(2-4-8)10(11(13,14)15)17-6-9-5-16-9/h1-4,9-10H,5-6H2/t9-,10-/m0/s1. The molecular weight excluding hydrogens is 301 g/mol. The highest BCUT2D eigenvalue weighted by molar-refractivity contribution is 9.10. The molecule has 6 heteroatoms. The van der Waals surface area contributed by atoms with Crippen LogP contribution in [-0.2, 0) is 9.47 Å². The Bertz CT molecular complexity index is 373. The Morgan fingerprint density at radius 2 is 1.94 bits per heavy atom. The van der Waals surface area contributed by atoms with Gasteiger partial charge in [-0.15, -0.1) is 0 Å². The summed E-state index contributed by atoms with van der Waals surface area (Å²) in [5.41, 5.74) is 0.0985. The average molecular weight is 311 g/mol. The minimum atomic E-state index is -4.41. The van der Waals surface area contributed by atoms with E-state index in [-0.39, 0.29) is 18.3 Å². The Labute approximate surface area is 105 Å². The molecule has 1 saturated heterocycles. The fourth-order valence-corrected chi connectivity index (χ4v) is 1.65. The van der Waals surface area contributed by atoms with Crippen LogP contribution in [-0.4, -0.2) is 25.5 Å². The zero-order valence-electron chi connectivity index (χ0n) is 8.71. The van der Waals surface area contributed by atoms with Gasteiger partial charge in [0.05, 0.1) is 13.2 Å². The lowest BCUT2D eigenvalue weighted by Crippen LogP contribution is -2.25. The van der Waals surface area contributed by atoms with Crippen LogP contribution in [0.5, 0.6) is 0 Å². The lowest BCUT2D eigenvalue weighted by atomic mass is 10.1. The van der Waals surface area contributed by atoms with Gasteiger partial charge in [0.15, 0.2) is 6.10 Å². The van der Waals surface area contributed by atoms with Gasteiger partial charge in [-0.1, -0.05) is 28.1 Å². The normalized spacial score (nSPS) is 21.3. The van der Waals surface area contributed by atoms with Gasteiger partial charge in [-0.05, 0) is 17.7 Å². The van der Waals surface area contributed by atoms with E-state index in [1.807, 2.05) is 0 Å². The molecule has 1 fully saturated rings. The molecule has 0 bridgehead atoms. The SMILES string of the molecule is FC(F)(F)[C@@H](OC[C@@H]1CO1)c1ccc(Br)cc1. The van der Waals surface area contributed by atoms with Crippen LogP contribution in [0, 0.1) is 0 Å². The van der Waals surface area contributed by atoms with Crippen LogP contribution >= 0.6 is 15.9 Å². The molecule has 2 nitrogen and oxygen atoms in total. The van der Waals surface area contributed by atoms with Crippen molar-refractivity contribution in [1.82, 2.24) is 0 Å². The van der Waals surface area contributed by atoms with Crippen molar-refractivity contribution >= 4 is 15.9 Å². The molecule has 0 unspecified atom stereocenters. The molecule has 1 aliphatic heterocycles. The summed E-state index contributed by atoms with van der Waals surface area (Å²) < 4.78 is 48.8. The van der Waals surface area contributed by atoms with Crippen molar-refractivity contribution in [3.63, 3.8) is 0 Å². The summed E-state index contributed by atoms with van der Waals surface area (Å²) in [6.07, 6.45) is -6.49. The van der Waals surface area contributed by atoms with Crippen LogP contribution < -0.4 is 0 Å². The number of benzene rings is 1. The van der Waals surface area contributed by atoms with E-state index >= 15 is 0 Å². The number of hydrogen-bond acceptors (Lipinski definition) is 2. The molecular formula is C11H10BrF3O2. The zero-order chi connectivity index (χ0) is 12.5. The first-order valence-corrected chi connectivity index (χ1v) is 5.81. The summed E-state index contributed by atoms with van der Waals surface area (Å²) in [5.74, 6) is 0. The molecule has 1 aromatic rings. The first-order valence-electron chi connectivity index (χ1n) is 5.02. The van der Waals surface area contributed by atoms with Crippen LogP contribution in [0.4, 0.5) is 13.2 Å². The average Bonchev–Trinajstić information content (AvgIpc) is 3.03. The van der Waals surface area contributed by atoms with Crippen molar-refractivity contribution in [2.24, 2.45) is 0 Å². The Balaban J connectivity index is 2.10. The quantitative estimate of drug-likeness (QED) is 0.794. The van der Waals surface area contributed by atoms with E-state index in [2.05, 4.69) is 15.9 Å². The van der Waals surface area contributed by atoms with Gasteiger partial charge < -0.3 is 9.47 Å². The van der Waals surface area contributed by atoms with Gasteiger partial charge in [-0.2, -0.15) is 13.2 Å².